The number of para-hydroxylation sites is 2. The van der Waals surface area contributed by atoms with Crippen molar-refractivity contribution in [2.45, 2.75) is 34.6 Å². The highest BCUT2D eigenvalue weighted by Gasteiger charge is 2.20. The number of aromatic nitrogens is 4. The van der Waals surface area contributed by atoms with Crippen LogP contribution in [0.3, 0.4) is 0 Å². The van der Waals surface area contributed by atoms with Crippen molar-refractivity contribution in [3.8, 4) is 33.9 Å². The molecule has 4 nitrogen and oxygen atoms in total. The molecule has 0 fully saturated rings. The lowest BCUT2D eigenvalue weighted by Gasteiger charge is -2.17. The second-order valence-corrected chi connectivity index (χ2v) is 13.4. The molecule has 0 bridgehead atoms. The van der Waals surface area contributed by atoms with Gasteiger partial charge in [0.05, 0.1) is 27.8 Å². The summed E-state index contributed by atoms with van der Waals surface area (Å²) in [6.45, 7) is 10.6. The molecule has 0 aliphatic heterocycles. The summed E-state index contributed by atoms with van der Waals surface area (Å²) in [7, 11) is 0. The minimum absolute atomic E-state index is 0.740. The maximum Gasteiger partial charge on any atom is 0.161 e. The predicted molar refractivity (Wildman–Crippen MR) is 205 cm³/mol. The Morgan fingerprint density at radius 2 is 0.980 bits per heavy atom. The van der Waals surface area contributed by atoms with Crippen LogP contribution in [0.15, 0.2) is 127 Å². The first-order valence-electron chi connectivity index (χ1n) is 16.9. The quantitative estimate of drug-likeness (QED) is 0.193. The zero-order valence-corrected chi connectivity index (χ0v) is 28.4. The van der Waals surface area contributed by atoms with E-state index >= 15 is 0 Å². The topological polar surface area (TPSA) is 35.6 Å². The van der Waals surface area contributed by atoms with Crippen molar-refractivity contribution < 1.29 is 0 Å². The first-order chi connectivity index (χ1) is 23.9. The van der Waals surface area contributed by atoms with E-state index in [0.29, 0.717) is 0 Å². The van der Waals surface area contributed by atoms with E-state index in [9.17, 15) is 0 Å². The molecule has 0 radical (unpaired) electrons. The minimum atomic E-state index is 0.740. The maximum absolute atomic E-state index is 5.09. The third kappa shape index (κ3) is 4.59. The van der Waals surface area contributed by atoms with Gasteiger partial charge >= 0.3 is 0 Å². The van der Waals surface area contributed by atoms with E-state index in [4.69, 9.17) is 9.97 Å². The van der Waals surface area contributed by atoms with Crippen LogP contribution in [0.2, 0.25) is 0 Å². The van der Waals surface area contributed by atoms with Gasteiger partial charge in [-0.3, -0.25) is 0 Å². The van der Waals surface area contributed by atoms with Crippen LogP contribution in [0.25, 0.3) is 77.5 Å². The lowest BCUT2D eigenvalue weighted by atomic mass is 10.00. The summed E-state index contributed by atoms with van der Waals surface area (Å²) < 4.78 is 4.77. The Hall–Kier alpha value is -6.00. The molecule has 0 saturated heterocycles. The summed E-state index contributed by atoms with van der Waals surface area (Å²) in [5.41, 5.74) is 15.9. The van der Waals surface area contributed by atoms with E-state index in [-0.39, 0.29) is 0 Å². The number of aryl methyl sites for hydroxylation is 4. The van der Waals surface area contributed by atoms with Crippen LogP contribution in [-0.2, 0) is 0 Å². The SMILES string of the molecule is Cc1ccc2c(c1)c1ccccc1n2-c1cccc(-c2ccc(-n3c4ccccc4c4cc(C)ccc43)c(-c3nc(C)c(C)c(C)n3)c2)c1. The highest BCUT2D eigenvalue weighted by molar-refractivity contribution is 6.11. The standard InChI is InChI=1S/C45H36N4/c1-27-17-20-42-37(23-27)35-13-6-8-15-40(35)48(42)34-12-10-11-32(25-34)33-19-22-44(39(26-33)45-46-30(4)29(3)31(5)47-45)49-41-16-9-7-14-36(41)38-24-28(2)18-21-43(38)49/h6-26H,1-5H3. The summed E-state index contributed by atoms with van der Waals surface area (Å²) in [6, 6.07) is 46.5. The Morgan fingerprint density at radius 1 is 0.429 bits per heavy atom. The third-order valence-electron chi connectivity index (χ3n) is 10.2. The number of fused-ring (bicyclic) bond motifs is 6. The van der Waals surface area contributed by atoms with Crippen LogP contribution in [0.4, 0.5) is 0 Å². The lowest BCUT2D eigenvalue weighted by Crippen LogP contribution is -2.03. The van der Waals surface area contributed by atoms with Crippen LogP contribution < -0.4 is 0 Å². The molecule has 0 aliphatic rings. The molecule has 0 spiro atoms. The van der Waals surface area contributed by atoms with Crippen molar-refractivity contribution in [3.05, 3.63) is 155 Å². The highest BCUT2D eigenvalue weighted by atomic mass is 15.0. The molecule has 9 aromatic rings. The van der Waals surface area contributed by atoms with Crippen LogP contribution >= 0.6 is 0 Å². The number of hydrogen-bond donors (Lipinski definition) is 0. The van der Waals surface area contributed by atoms with Crippen LogP contribution in [-0.4, -0.2) is 19.1 Å². The molecule has 3 heterocycles. The van der Waals surface area contributed by atoms with Crippen molar-refractivity contribution >= 4 is 43.6 Å². The number of nitrogens with zero attached hydrogens (tertiary/aromatic N) is 4. The van der Waals surface area contributed by atoms with Crippen molar-refractivity contribution in [3.63, 3.8) is 0 Å². The molecule has 236 valence electrons. The maximum atomic E-state index is 5.09. The van der Waals surface area contributed by atoms with Gasteiger partial charge in [0.15, 0.2) is 5.82 Å². The Morgan fingerprint density at radius 3 is 1.63 bits per heavy atom. The predicted octanol–water partition coefficient (Wildman–Crippen LogP) is 11.5. The molecule has 9 rings (SSSR count). The van der Waals surface area contributed by atoms with Gasteiger partial charge in [0, 0.05) is 44.2 Å². The minimum Gasteiger partial charge on any atom is -0.309 e. The van der Waals surface area contributed by atoms with Gasteiger partial charge in [-0.1, -0.05) is 77.9 Å². The van der Waals surface area contributed by atoms with Gasteiger partial charge in [0.2, 0.25) is 0 Å². The summed E-state index contributed by atoms with van der Waals surface area (Å²) >= 11 is 0. The average Bonchev–Trinajstić information content (AvgIpc) is 3.62. The largest absolute Gasteiger partial charge is 0.309 e. The molecule has 0 N–H and O–H groups in total. The van der Waals surface area contributed by atoms with Crippen LogP contribution in [0, 0.1) is 34.6 Å². The third-order valence-corrected chi connectivity index (χ3v) is 10.2. The molecule has 0 atom stereocenters. The Balaban J connectivity index is 1.29. The lowest BCUT2D eigenvalue weighted by molar-refractivity contribution is 1.02. The van der Waals surface area contributed by atoms with Gasteiger partial charge in [-0.05, 0) is 112 Å². The fraction of sp³-hybridized carbons (Fsp3) is 0.111. The molecule has 0 unspecified atom stereocenters. The summed E-state index contributed by atoms with van der Waals surface area (Å²) in [4.78, 5) is 10.2. The van der Waals surface area contributed by atoms with E-state index in [1.54, 1.807) is 0 Å². The van der Waals surface area contributed by atoms with Gasteiger partial charge in [-0.15, -0.1) is 0 Å². The van der Waals surface area contributed by atoms with Crippen LogP contribution in [0.5, 0.6) is 0 Å². The number of benzene rings is 6. The Labute approximate surface area is 285 Å². The smallest absolute Gasteiger partial charge is 0.161 e. The molecule has 0 saturated carbocycles. The second kappa shape index (κ2) is 11.0. The van der Waals surface area contributed by atoms with Crippen molar-refractivity contribution in [1.82, 2.24) is 19.1 Å². The second-order valence-electron chi connectivity index (χ2n) is 13.4. The zero-order chi connectivity index (χ0) is 33.4. The monoisotopic (exact) mass is 632 g/mol. The zero-order valence-electron chi connectivity index (χ0n) is 28.4. The first-order valence-corrected chi connectivity index (χ1v) is 16.9. The molecule has 0 amide bonds. The van der Waals surface area contributed by atoms with E-state index < -0.39 is 0 Å². The summed E-state index contributed by atoms with van der Waals surface area (Å²) in [5.74, 6) is 0.740. The van der Waals surface area contributed by atoms with E-state index in [0.717, 1.165) is 50.8 Å². The van der Waals surface area contributed by atoms with Crippen LogP contribution in [0.1, 0.15) is 28.1 Å². The Kier molecular flexibility index (Phi) is 6.57. The molecule has 6 aromatic carbocycles. The first kappa shape index (κ1) is 29.2. The van der Waals surface area contributed by atoms with Gasteiger partial charge in [0.1, 0.15) is 0 Å². The van der Waals surface area contributed by atoms with Crippen molar-refractivity contribution in [1.29, 1.82) is 0 Å². The van der Waals surface area contributed by atoms with Gasteiger partial charge in [-0.2, -0.15) is 0 Å². The molecular weight excluding hydrogens is 597 g/mol. The van der Waals surface area contributed by atoms with E-state index in [1.165, 1.54) is 54.7 Å². The van der Waals surface area contributed by atoms with Crippen molar-refractivity contribution in [2.75, 3.05) is 0 Å². The van der Waals surface area contributed by atoms with Gasteiger partial charge in [0.25, 0.3) is 0 Å². The molecular formula is C45H36N4. The summed E-state index contributed by atoms with van der Waals surface area (Å²) in [5, 5.41) is 5.03. The van der Waals surface area contributed by atoms with Crippen molar-refractivity contribution in [2.24, 2.45) is 0 Å². The Bertz CT molecular complexity index is 2750. The molecule has 3 aromatic heterocycles. The fourth-order valence-electron chi connectivity index (χ4n) is 7.52. The normalized spacial score (nSPS) is 11.8. The molecule has 49 heavy (non-hydrogen) atoms. The van der Waals surface area contributed by atoms with Gasteiger partial charge in [-0.25, -0.2) is 9.97 Å². The fourth-order valence-corrected chi connectivity index (χ4v) is 7.52. The van der Waals surface area contributed by atoms with E-state index in [1.807, 2.05) is 0 Å². The molecule has 0 aliphatic carbocycles. The summed E-state index contributed by atoms with van der Waals surface area (Å²) in [6.07, 6.45) is 0. The van der Waals surface area contributed by atoms with E-state index in [2.05, 4.69) is 171 Å². The molecule has 4 heteroatoms. The number of rotatable bonds is 4. The average molecular weight is 633 g/mol. The van der Waals surface area contributed by atoms with Gasteiger partial charge < -0.3 is 9.13 Å². The highest BCUT2D eigenvalue weighted by Crippen LogP contribution is 2.39. The number of hydrogen-bond acceptors (Lipinski definition) is 2.